The van der Waals surface area contributed by atoms with Gasteiger partial charge in [0.1, 0.15) is 95.1 Å². The molecule has 2 saturated heterocycles. The number of Topliss-reactive ketones (excluding diaryl/α,β-unsaturated/α-hetero) is 2. The number of hydrogen-bond acceptors (Lipinski definition) is 32. The van der Waals surface area contributed by atoms with Crippen LogP contribution in [-0.4, -0.2) is 260 Å². The number of aliphatic hydroxyl groups excluding tert-OH is 4. The molecule has 145 heavy (non-hydrogen) atoms. The van der Waals surface area contributed by atoms with Crippen molar-refractivity contribution in [1.29, 1.82) is 0 Å². The lowest BCUT2D eigenvalue weighted by Gasteiger charge is -2.42. The van der Waals surface area contributed by atoms with Crippen molar-refractivity contribution < 1.29 is 138 Å². The van der Waals surface area contributed by atoms with E-state index < -0.39 is 191 Å². The van der Waals surface area contributed by atoms with Gasteiger partial charge in [0.05, 0.1) is 84.2 Å². The molecule has 10 aromatic carbocycles. The van der Waals surface area contributed by atoms with Crippen LogP contribution >= 0.6 is 12.4 Å². The number of nitrogens with two attached hydrogens (primary N) is 2. The zero-order valence-corrected chi connectivity index (χ0v) is 82.6. The molecule has 17 rings (SSSR count). The smallest absolute Gasteiger partial charge is 0.202 e. The van der Waals surface area contributed by atoms with E-state index in [4.69, 9.17) is 49.4 Å². The summed E-state index contributed by atoms with van der Waals surface area (Å²) in [7, 11) is 10.8. The maximum absolute atomic E-state index is 13.6. The summed E-state index contributed by atoms with van der Waals surface area (Å²) in [5.41, 5.74) is 16.1. The molecule has 10 aromatic rings. The van der Waals surface area contributed by atoms with E-state index in [1.165, 1.54) is 97.2 Å². The first-order valence-electron chi connectivity index (χ1n) is 47.1. The Morgan fingerprint density at radius 1 is 0.428 bits per heavy atom. The molecule has 2 aliphatic heterocycles. The van der Waals surface area contributed by atoms with E-state index in [1.54, 1.807) is 26.0 Å². The number of methoxy groups -OCH3 is 2. The van der Waals surface area contributed by atoms with Gasteiger partial charge in [-0.1, -0.05) is 147 Å². The van der Waals surface area contributed by atoms with E-state index in [1.807, 2.05) is 88.9 Å². The number of aromatic hydroxyl groups is 6. The molecule has 764 valence electrons. The summed E-state index contributed by atoms with van der Waals surface area (Å²) in [6.45, 7) is 8.54. The Morgan fingerprint density at radius 3 is 1.07 bits per heavy atom. The molecule has 2 fully saturated rings. The highest BCUT2D eigenvalue weighted by Crippen LogP contribution is 2.56. The number of carbonyl (C=O) groups excluding carboxylic acids is 8. The third-order valence-corrected chi connectivity index (χ3v) is 26.2. The molecule has 32 nitrogen and oxygen atoms in total. The van der Waals surface area contributed by atoms with Crippen molar-refractivity contribution >= 4 is 81.0 Å². The Kier molecular flexibility index (Phi) is 36.7. The van der Waals surface area contributed by atoms with Crippen LogP contribution in [0.2, 0.25) is 0 Å². The highest BCUT2D eigenvalue weighted by atomic mass is 35.5. The van der Waals surface area contributed by atoms with Gasteiger partial charge >= 0.3 is 0 Å². The lowest BCUT2D eigenvalue weighted by Crippen LogP contribution is -2.53. The van der Waals surface area contributed by atoms with Gasteiger partial charge in [0.25, 0.3) is 0 Å². The van der Waals surface area contributed by atoms with Gasteiger partial charge in [0, 0.05) is 97.1 Å². The molecule has 2 heterocycles. The first kappa shape index (κ1) is 110. The number of carbonyl (C=O) groups is 8. The van der Waals surface area contributed by atoms with Gasteiger partial charge in [0.2, 0.25) is 11.6 Å². The number of ketones is 8. The number of likely N-dealkylation sites (N-methyl/N-ethyl adjacent to an activating group) is 2. The SMILES string of the molecule is CC/C(=C(/c1ccc(OCCN(C)C)cc1)c1cccc(O)c1)c1ccccc1.CC/C(=C(/c1ccc(OCCN(C)C)cc1)c1cccc(O)c1)c1ccccc1.COc1cccc2c1C(=O)c1c(O)c3c(c(O)c1C2=O)C[C@@](O)(C(=O)CO)C[C@@H]3OC1CC(N)C(O)C(C)O1.COc1cccc2c1C(=O)c1c(O)c3c(c(O)c1C2=O)C[C@@](O)(C(=O)CO)C[C@@H]3O[C@H]1C[C@H](N)[C@H](O)[C@H](C)O1.Cl.O=C1C=CC(=O)C=C1. The highest BCUT2D eigenvalue weighted by Gasteiger charge is 2.53. The van der Waals surface area contributed by atoms with Crippen molar-refractivity contribution in [2.45, 2.75) is 152 Å². The summed E-state index contributed by atoms with van der Waals surface area (Å²) in [5.74, 6) is -5.52. The Bertz CT molecular complexity index is 6150. The third kappa shape index (κ3) is 24.4. The first-order valence-corrected chi connectivity index (χ1v) is 47.1. The molecular formula is C112H121ClN4O28. The monoisotopic (exact) mass is 2000 g/mol. The van der Waals surface area contributed by atoms with Crippen LogP contribution in [0.15, 0.2) is 218 Å². The minimum Gasteiger partial charge on any atom is -0.508 e. The van der Waals surface area contributed by atoms with Gasteiger partial charge in [-0.3, -0.25) is 38.4 Å². The number of fused-ring (bicyclic) bond motifs is 6. The summed E-state index contributed by atoms with van der Waals surface area (Å²) in [4.78, 5) is 104. The largest absolute Gasteiger partial charge is 0.508 e. The standard InChI is InChI=1S/2C27H29NO11.2C26H29NO2.C6H4O2.ClH/c2*1-10-22(31)13(28)6-17(38-10)39-15-8-27(36,16(30)9-29)7-12-19(15)26(35)21-20(24(12)33)23(32)11-4-3-5-14(37-2)18(11)25(21)34;2*1-4-25(20-9-6-5-7-10-20)26(22-11-8-12-23(28)19-22)21-13-15-24(16-14-21)29-18-17-27(2)3;7-5-1-2-6(8)4-3-5;/h2*3-5,10,13,15,17,22,29,31,33,35-36H,6-9,28H2,1-2H3;2*5-16,19,28H,4,17-18H2,1-3H3;1-4H;1H/b;;2*26-25+;;/t10?,13?,15-,17?,22?,27-;10-,13-,15-,17-,22+,27-;;;;/m00..../s1. The predicted molar refractivity (Wildman–Crippen MR) is 542 cm³/mol. The number of aliphatic hydroxyl groups is 6. The van der Waals surface area contributed by atoms with E-state index in [9.17, 15) is 99.6 Å². The minimum atomic E-state index is -2.24. The Balaban J connectivity index is 0.000000169. The zero-order chi connectivity index (χ0) is 104. The molecule has 16 N–H and O–H groups in total. The number of ether oxygens (including phenoxy) is 8. The molecule has 0 spiro atoms. The molecule has 33 heteroatoms. The first-order chi connectivity index (χ1) is 68.8. The van der Waals surface area contributed by atoms with Gasteiger partial charge in [-0.25, -0.2) is 0 Å². The molecule has 0 bridgehead atoms. The normalized spacial score (nSPS) is 21.8. The van der Waals surface area contributed by atoms with Crippen LogP contribution in [0, 0.1) is 0 Å². The lowest BCUT2D eigenvalue weighted by atomic mass is 9.72. The average Bonchev–Trinajstić information content (AvgIpc) is 0.711. The van der Waals surface area contributed by atoms with Gasteiger partial charge in [-0.05, 0) is 196 Å². The number of allylic oxidation sites excluding steroid dienone is 6. The van der Waals surface area contributed by atoms with Crippen LogP contribution in [0.4, 0.5) is 0 Å². The second-order valence-corrected chi connectivity index (χ2v) is 36.4. The number of hydrogen-bond donors (Lipinski definition) is 14. The fourth-order valence-corrected chi connectivity index (χ4v) is 18.8. The van der Waals surface area contributed by atoms with E-state index in [0.717, 1.165) is 70.8 Å². The number of halogens is 1. The molecule has 5 aliphatic carbocycles. The lowest BCUT2D eigenvalue weighted by molar-refractivity contribution is -0.247. The molecule has 0 amide bonds. The van der Waals surface area contributed by atoms with Crippen molar-refractivity contribution in [2.75, 3.05) is 81.9 Å². The molecular weight excluding hydrogens is 1880 g/mol. The minimum absolute atomic E-state index is 0. The Labute approximate surface area is 844 Å². The number of phenols is 6. The predicted octanol–water partition coefficient (Wildman–Crippen LogP) is 12.1. The number of rotatable bonds is 26. The van der Waals surface area contributed by atoms with E-state index in [0.29, 0.717) is 13.2 Å². The summed E-state index contributed by atoms with van der Waals surface area (Å²) in [5, 5.41) is 128. The van der Waals surface area contributed by atoms with Gasteiger partial charge in [-0.15, -0.1) is 12.4 Å². The van der Waals surface area contributed by atoms with Gasteiger partial charge in [0.15, 0.2) is 47.3 Å². The second kappa shape index (κ2) is 48.3. The molecule has 0 saturated carbocycles. The van der Waals surface area contributed by atoms with E-state index in [-0.39, 0.29) is 104 Å². The maximum Gasteiger partial charge on any atom is 0.202 e. The van der Waals surface area contributed by atoms with Crippen molar-refractivity contribution in [3.8, 4) is 57.5 Å². The maximum atomic E-state index is 13.6. The van der Waals surface area contributed by atoms with Crippen LogP contribution in [-0.2, 0) is 51.0 Å². The quantitative estimate of drug-likeness (QED) is 0.0136. The summed E-state index contributed by atoms with van der Waals surface area (Å²) in [6.07, 6.45) is -3.47. The van der Waals surface area contributed by atoms with E-state index in [2.05, 4.69) is 109 Å². The van der Waals surface area contributed by atoms with Gasteiger partial charge < -0.3 is 120 Å². The molecule has 7 aliphatic rings. The highest BCUT2D eigenvalue weighted by molar-refractivity contribution is 6.33. The van der Waals surface area contributed by atoms with Crippen molar-refractivity contribution in [3.05, 3.63) is 319 Å². The van der Waals surface area contributed by atoms with Crippen molar-refractivity contribution in [1.82, 2.24) is 9.80 Å². The Hall–Kier alpha value is -13.7. The third-order valence-electron chi connectivity index (χ3n) is 26.2. The molecule has 12 atom stereocenters. The topological polar surface area (TPSA) is 512 Å². The molecule has 0 aromatic heterocycles. The van der Waals surface area contributed by atoms with Crippen molar-refractivity contribution in [2.24, 2.45) is 11.5 Å². The summed E-state index contributed by atoms with van der Waals surface area (Å²) in [6, 6.07) is 59.6. The molecule has 0 radical (unpaired) electrons. The summed E-state index contributed by atoms with van der Waals surface area (Å²) < 4.78 is 45.7. The van der Waals surface area contributed by atoms with Crippen LogP contribution in [0.1, 0.15) is 198 Å². The summed E-state index contributed by atoms with van der Waals surface area (Å²) >= 11 is 0. The van der Waals surface area contributed by atoms with E-state index >= 15 is 0 Å². The van der Waals surface area contributed by atoms with Crippen LogP contribution in [0.25, 0.3) is 22.3 Å². The fourth-order valence-electron chi connectivity index (χ4n) is 18.8. The number of nitrogens with zero attached hydrogens (tertiary/aromatic N) is 2. The van der Waals surface area contributed by atoms with Crippen LogP contribution in [0.5, 0.6) is 57.5 Å². The number of phenolic OH excluding ortho intramolecular Hbond substituents is 6. The van der Waals surface area contributed by atoms with Crippen molar-refractivity contribution in [3.63, 3.8) is 0 Å². The van der Waals surface area contributed by atoms with Crippen LogP contribution < -0.4 is 30.4 Å². The Morgan fingerprint density at radius 2 is 0.759 bits per heavy atom. The fraction of sp³-hybridized carbons (Fsp3) is 0.321. The van der Waals surface area contributed by atoms with Gasteiger partial charge in [-0.2, -0.15) is 0 Å². The zero-order valence-electron chi connectivity index (χ0n) is 81.8. The second-order valence-electron chi connectivity index (χ2n) is 36.4. The number of benzene rings is 10. The van der Waals surface area contributed by atoms with Crippen LogP contribution in [0.3, 0.4) is 0 Å². The average molecular weight is 2010 g/mol. The molecule has 4 unspecified atom stereocenters.